The van der Waals surface area contributed by atoms with E-state index in [1.807, 2.05) is 44.3 Å². The van der Waals surface area contributed by atoms with E-state index in [0.717, 1.165) is 32.3 Å². The van der Waals surface area contributed by atoms with Gasteiger partial charge in [-0.3, -0.25) is 14.6 Å². The van der Waals surface area contributed by atoms with Gasteiger partial charge in [0.15, 0.2) is 0 Å². The number of amides is 1. The molecule has 8 heteroatoms. The van der Waals surface area contributed by atoms with Gasteiger partial charge in [-0.25, -0.2) is 4.98 Å². The summed E-state index contributed by atoms with van der Waals surface area (Å²) in [6.45, 7) is 4.33. The average molecular weight is 465 g/mol. The molecular weight excluding hydrogens is 444 g/mol. The first-order valence-electron chi connectivity index (χ1n) is 10.1. The number of halogens is 1. The van der Waals surface area contributed by atoms with E-state index in [1.54, 1.807) is 35.1 Å². The molecule has 1 N–H and O–H groups in total. The van der Waals surface area contributed by atoms with Gasteiger partial charge in [-0.05, 0) is 37.6 Å². The number of nitrogens with zero attached hydrogens (tertiary/aromatic N) is 3. The number of thiazole rings is 1. The van der Waals surface area contributed by atoms with Crippen molar-refractivity contribution < 1.29 is 4.79 Å². The van der Waals surface area contributed by atoms with E-state index in [0.29, 0.717) is 17.3 Å². The van der Waals surface area contributed by atoms with Crippen LogP contribution in [0.2, 0.25) is 5.02 Å². The Morgan fingerprint density at radius 3 is 2.81 bits per heavy atom. The van der Waals surface area contributed by atoms with Crippen LogP contribution in [0, 0.1) is 6.92 Å². The molecule has 0 fully saturated rings. The Bertz CT molecular complexity index is 1350. The highest BCUT2D eigenvalue weighted by molar-refractivity contribution is 7.15. The Hall–Kier alpha value is -3.25. The third-order valence-electron chi connectivity index (χ3n) is 4.99. The van der Waals surface area contributed by atoms with Crippen molar-refractivity contribution in [3.05, 3.63) is 91.6 Å². The second-order valence-corrected chi connectivity index (χ2v) is 8.94. The minimum absolute atomic E-state index is 0.136. The second kappa shape index (κ2) is 9.09. The molecule has 162 valence electrons. The SMILES string of the molecule is CCNC(=O)C=C=CC1N=C(c2ccc(Cl)cc2)c2nc(C)sc2-c2cn(C)c(=O)cc21. The molecule has 1 amide bonds. The summed E-state index contributed by atoms with van der Waals surface area (Å²) < 4.78 is 1.55. The van der Waals surface area contributed by atoms with Crippen LogP contribution in [-0.2, 0) is 11.8 Å². The van der Waals surface area contributed by atoms with Gasteiger partial charge >= 0.3 is 0 Å². The van der Waals surface area contributed by atoms with Gasteiger partial charge in [0.1, 0.15) is 11.7 Å². The van der Waals surface area contributed by atoms with Crippen LogP contribution in [0.15, 0.2) is 64.2 Å². The maximum Gasteiger partial charge on any atom is 0.251 e. The predicted octanol–water partition coefficient (Wildman–Crippen LogP) is 4.21. The molecule has 1 unspecified atom stereocenters. The maximum atomic E-state index is 12.5. The van der Waals surface area contributed by atoms with E-state index in [1.165, 1.54) is 6.08 Å². The van der Waals surface area contributed by atoms with Gasteiger partial charge in [0.05, 0.1) is 15.6 Å². The number of pyridine rings is 1. The largest absolute Gasteiger partial charge is 0.352 e. The van der Waals surface area contributed by atoms with Crippen molar-refractivity contribution in [2.24, 2.45) is 12.0 Å². The number of hydrogen-bond donors (Lipinski definition) is 1. The highest BCUT2D eigenvalue weighted by Gasteiger charge is 2.27. The summed E-state index contributed by atoms with van der Waals surface area (Å²) >= 11 is 7.66. The standard InChI is InChI=1S/C24H21ClN4O2S/c1-4-26-20(30)7-5-6-19-17-12-21(31)29(3)13-18(17)24-23(27-14(2)32-24)22(28-19)15-8-10-16(25)11-9-15/h6-13,19H,4H2,1-3H3,(H,26,30). The third kappa shape index (κ3) is 4.36. The molecule has 0 radical (unpaired) electrons. The van der Waals surface area contributed by atoms with Gasteiger partial charge in [-0.15, -0.1) is 17.1 Å². The monoisotopic (exact) mass is 464 g/mol. The maximum absolute atomic E-state index is 12.5. The Labute approximate surface area is 194 Å². The number of aryl methyl sites for hydroxylation is 2. The fraction of sp³-hybridized carbons (Fsp3) is 0.208. The van der Waals surface area contributed by atoms with Crippen molar-refractivity contribution in [3.63, 3.8) is 0 Å². The third-order valence-corrected chi connectivity index (χ3v) is 6.24. The minimum Gasteiger partial charge on any atom is -0.352 e. The van der Waals surface area contributed by atoms with Gasteiger partial charge in [0, 0.05) is 48.1 Å². The number of fused-ring (bicyclic) bond motifs is 3. The van der Waals surface area contributed by atoms with Crippen molar-refractivity contribution in [2.45, 2.75) is 19.9 Å². The zero-order valence-electron chi connectivity index (χ0n) is 17.8. The summed E-state index contributed by atoms with van der Waals surface area (Å²) in [6, 6.07) is 8.51. The predicted molar refractivity (Wildman–Crippen MR) is 129 cm³/mol. The summed E-state index contributed by atoms with van der Waals surface area (Å²) in [4.78, 5) is 35.0. The molecule has 1 aliphatic rings. The normalized spacial score (nSPS) is 14.4. The fourth-order valence-electron chi connectivity index (χ4n) is 3.50. The number of carbonyl (C=O) groups excluding carboxylic acids is 1. The Morgan fingerprint density at radius 2 is 2.09 bits per heavy atom. The molecule has 1 atom stereocenters. The van der Waals surface area contributed by atoms with Gasteiger partial charge < -0.3 is 9.88 Å². The molecule has 0 bridgehead atoms. The number of benzene rings is 1. The topological polar surface area (TPSA) is 76.3 Å². The van der Waals surface area contributed by atoms with Gasteiger partial charge in [-0.2, -0.15) is 0 Å². The van der Waals surface area contributed by atoms with Gasteiger partial charge in [0.25, 0.3) is 11.5 Å². The summed E-state index contributed by atoms with van der Waals surface area (Å²) in [7, 11) is 1.72. The first kappa shape index (κ1) is 22.0. The number of aromatic nitrogens is 2. The number of aliphatic imine (C=N–C) groups is 1. The van der Waals surface area contributed by atoms with Crippen LogP contribution in [0.5, 0.6) is 0 Å². The lowest BCUT2D eigenvalue weighted by molar-refractivity contribution is -0.116. The van der Waals surface area contributed by atoms with Crippen LogP contribution in [-0.4, -0.2) is 27.7 Å². The molecule has 32 heavy (non-hydrogen) atoms. The highest BCUT2D eigenvalue weighted by Crippen LogP contribution is 2.40. The second-order valence-electron chi connectivity index (χ2n) is 7.30. The molecule has 0 spiro atoms. The van der Waals surface area contributed by atoms with Crippen molar-refractivity contribution in [1.29, 1.82) is 0 Å². The van der Waals surface area contributed by atoms with Crippen LogP contribution >= 0.6 is 22.9 Å². The van der Waals surface area contributed by atoms with E-state index >= 15 is 0 Å². The summed E-state index contributed by atoms with van der Waals surface area (Å²) in [5, 5.41) is 4.23. The Balaban J connectivity index is 1.96. The first-order chi connectivity index (χ1) is 15.4. The van der Waals surface area contributed by atoms with Crippen LogP contribution in [0.3, 0.4) is 0 Å². The lowest BCUT2D eigenvalue weighted by Gasteiger charge is -2.12. The van der Waals surface area contributed by atoms with Crippen molar-refractivity contribution in [3.8, 4) is 10.4 Å². The van der Waals surface area contributed by atoms with E-state index in [4.69, 9.17) is 21.6 Å². The van der Waals surface area contributed by atoms with E-state index in [2.05, 4.69) is 11.0 Å². The van der Waals surface area contributed by atoms with Crippen LogP contribution in [0.25, 0.3) is 10.4 Å². The Morgan fingerprint density at radius 1 is 1.34 bits per heavy atom. The molecule has 4 rings (SSSR count). The lowest BCUT2D eigenvalue weighted by atomic mass is 10.0. The van der Waals surface area contributed by atoms with Crippen molar-refractivity contribution in [1.82, 2.24) is 14.9 Å². The zero-order chi connectivity index (χ0) is 22.8. The molecule has 6 nitrogen and oxygen atoms in total. The van der Waals surface area contributed by atoms with E-state index in [-0.39, 0.29) is 11.5 Å². The smallest absolute Gasteiger partial charge is 0.251 e. The molecule has 3 heterocycles. The van der Waals surface area contributed by atoms with E-state index in [9.17, 15) is 9.59 Å². The molecule has 2 aromatic heterocycles. The lowest BCUT2D eigenvalue weighted by Crippen LogP contribution is -2.19. The molecule has 1 aliphatic heterocycles. The molecular formula is C24H21ClN4O2S. The molecule has 0 saturated carbocycles. The number of nitrogens with one attached hydrogen (secondary N) is 1. The summed E-state index contributed by atoms with van der Waals surface area (Å²) in [6.07, 6.45) is 4.86. The molecule has 1 aromatic carbocycles. The van der Waals surface area contributed by atoms with Crippen molar-refractivity contribution in [2.75, 3.05) is 6.54 Å². The number of rotatable bonds is 4. The highest BCUT2D eigenvalue weighted by atomic mass is 35.5. The zero-order valence-corrected chi connectivity index (χ0v) is 19.4. The fourth-order valence-corrected chi connectivity index (χ4v) is 4.58. The molecule has 0 aliphatic carbocycles. The number of hydrogen-bond acceptors (Lipinski definition) is 5. The van der Waals surface area contributed by atoms with Crippen LogP contribution in [0.1, 0.15) is 34.8 Å². The molecule has 0 saturated heterocycles. The van der Waals surface area contributed by atoms with Crippen molar-refractivity contribution >= 4 is 34.6 Å². The average Bonchev–Trinajstić information content (AvgIpc) is 3.09. The minimum atomic E-state index is -0.517. The number of likely N-dealkylation sites (N-methyl/N-ethyl adjacent to an activating group) is 1. The van der Waals surface area contributed by atoms with E-state index < -0.39 is 6.04 Å². The first-order valence-corrected chi connectivity index (χ1v) is 11.3. The quantitative estimate of drug-likeness (QED) is 0.464. The Kier molecular flexibility index (Phi) is 6.24. The van der Waals surface area contributed by atoms with Gasteiger partial charge in [0.2, 0.25) is 0 Å². The van der Waals surface area contributed by atoms with Crippen LogP contribution in [0.4, 0.5) is 0 Å². The number of carbonyl (C=O) groups is 1. The van der Waals surface area contributed by atoms with Crippen LogP contribution < -0.4 is 10.9 Å². The summed E-state index contributed by atoms with van der Waals surface area (Å²) in [5.74, 6) is -0.236. The van der Waals surface area contributed by atoms with Gasteiger partial charge in [-0.1, -0.05) is 23.7 Å². The summed E-state index contributed by atoms with van der Waals surface area (Å²) in [5.41, 5.74) is 6.77. The molecule has 3 aromatic rings.